The Kier molecular flexibility index (Phi) is 45.6. The molecule has 0 aromatic rings. The predicted molar refractivity (Wildman–Crippen MR) is 349 cm³/mol. The number of hydrogen-bond acceptors (Lipinski definition) is 3. The third kappa shape index (κ3) is 17.7. The SMILES string of the molecule is C.C1CCC2C(C1)CCC1C2CC2C3CN4CCCCC4CC3CCC21.C1CCN2CC3C(CCC4C3CC35OC6CCCC3C6CCC45)CC2C1.CC.CC.CC.CC.CC.CC.CC.CC.CC.CC.CC.CC. The number of piperidine rings is 4. The second kappa shape index (κ2) is 44.5. The second-order valence-corrected chi connectivity index (χ2v) is 22.5. The molecule has 0 N–H and O–H groups in total. The third-order valence-corrected chi connectivity index (χ3v) is 21.2. The molecule has 3 nitrogen and oxygen atoms in total. The molecule has 5 saturated heterocycles. The molecule has 13 fully saturated rings. The molecule has 0 amide bonds. The summed E-state index contributed by atoms with van der Waals surface area (Å²) in [6.45, 7) is 53.8. The number of fused-ring (bicyclic) bond motifs is 13. The van der Waals surface area contributed by atoms with E-state index in [0.717, 1.165) is 101 Å². The van der Waals surface area contributed by atoms with Gasteiger partial charge in [-0.15, -0.1) is 0 Å². The fraction of sp³-hybridized carbons (Fsp3) is 1.00. The van der Waals surface area contributed by atoms with Crippen molar-refractivity contribution in [2.75, 3.05) is 26.2 Å². The Morgan fingerprint density at radius 3 is 1.21 bits per heavy atom. The highest BCUT2D eigenvalue weighted by atomic mass is 16.5. The molecular formula is C73H152N2O. The molecule has 5 aliphatic heterocycles. The van der Waals surface area contributed by atoms with Gasteiger partial charge in [-0.25, -0.2) is 0 Å². The number of ether oxygens (including phenoxy) is 1. The molecule has 1 spiro atoms. The normalized spacial score (nSPS) is 39.9. The van der Waals surface area contributed by atoms with Crippen LogP contribution in [0.5, 0.6) is 0 Å². The largest absolute Gasteiger partial charge is 0.371 e. The fourth-order valence-corrected chi connectivity index (χ4v) is 19.5. The summed E-state index contributed by atoms with van der Waals surface area (Å²) in [5, 5.41) is 0. The molecule has 76 heavy (non-hydrogen) atoms. The van der Waals surface area contributed by atoms with Gasteiger partial charge in [0.05, 0.1) is 11.7 Å². The van der Waals surface area contributed by atoms with Crippen molar-refractivity contribution in [3.05, 3.63) is 0 Å². The van der Waals surface area contributed by atoms with Crippen LogP contribution in [0.2, 0.25) is 0 Å². The van der Waals surface area contributed by atoms with Crippen LogP contribution < -0.4 is 0 Å². The monoisotopic (exact) mass is 1070 g/mol. The van der Waals surface area contributed by atoms with Gasteiger partial charge in [0.1, 0.15) is 0 Å². The lowest BCUT2D eigenvalue weighted by Crippen LogP contribution is -2.53. The summed E-state index contributed by atoms with van der Waals surface area (Å²) in [6, 6.07) is 1.94. The topological polar surface area (TPSA) is 15.7 Å². The highest BCUT2D eigenvalue weighted by molar-refractivity contribution is 5.18. The Hall–Kier alpha value is -0.120. The quantitative estimate of drug-likeness (QED) is 0.240. The van der Waals surface area contributed by atoms with Crippen molar-refractivity contribution in [2.24, 2.45) is 88.8 Å². The molecular weight excluding hydrogens is 921 g/mol. The summed E-state index contributed by atoms with van der Waals surface area (Å²) in [5.74, 6) is 16.1. The lowest BCUT2D eigenvalue weighted by Gasteiger charge is -2.52. The van der Waals surface area contributed by atoms with Crippen LogP contribution in [0.1, 0.15) is 334 Å². The van der Waals surface area contributed by atoms with Crippen LogP contribution in [0.3, 0.4) is 0 Å². The molecule has 8 aliphatic carbocycles. The number of hydrogen-bond donors (Lipinski definition) is 0. The fourth-order valence-electron chi connectivity index (χ4n) is 19.5. The maximum Gasteiger partial charge on any atom is 0.0751 e. The third-order valence-electron chi connectivity index (χ3n) is 21.2. The molecule has 13 aliphatic rings. The van der Waals surface area contributed by atoms with Gasteiger partial charge in [0.2, 0.25) is 0 Å². The number of nitrogens with zero attached hydrogens (tertiary/aromatic N) is 2. The zero-order valence-electron chi connectivity index (χ0n) is 56.7. The Labute approximate surface area is 485 Å². The van der Waals surface area contributed by atoms with Crippen LogP contribution in [0, 0.1) is 88.8 Å². The lowest BCUT2D eigenvalue weighted by molar-refractivity contribution is -0.0835. The van der Waals surface area contributed by atoms with Crippen LogP contribution in [0.4, 0.5) is 0 Å². The van der Waals surface area contributed by atoms with Gasteiger partial charge >= 0.3 is 0 Å². The van der Waals surface area contributed by atoms with Crippen LogP contribution in [-0.4, -0.2) is 59.8 Å². The van der Waals surface area contributed by atoms with Crippen LogP contribution >= 0.6 is 0 Å². The molecule has 0 radical (unpaired) electrons. The minimum Gasteiger partial charge on any atom is -0.371 e. The first-order chi connectivity index (χ1) is 37.2. The second-order valence-electron chi connectivity index (χ2n) is 22.5. The highest BCUT2D eigenvalue weighted by Gasteiger charge is 2.69. The molecule has 8 saturated carbocycles. The molecule has 13 rings (SSSR count). The Morgan fingerprint density at radius 1 is 0.289 bits per heavy atom. The van der Waals surface area contributed by atoms with Gasteiger partial charge in [0, 0.05) is 25.2 Å². The Balaban J connectivity index is 0. The van der Waals surface area contributed by atoms with Crippen molar-refractivity contribution in [1.82, 2.24) is 9.80 Å². The van der Waals surface area contributed by atoms with Crippen molar-refractivity contribution in [1.29, 1.82) is 0 Å². The maximum atomic E-state index is 7.09. The number of rotatable bonds is 0. The van der Waals surface area contributed by atoms with Crippen LogP contribution in [-0.2, 0) is 4.74 Å². The molecule has 0 aromatic carbocycles. The lowest BCUT2D eigenvalue weighted by atomic mass is 9.59. The van der Waals surface area contributed by atoms with E-state index in [1.54, 1.807) is 83.5 Å². The van der Waals surface area contributed by atoms with Gasteiger partial charge in [-0.3, -0.25) is 0 Å². The average Bonchev–Trinajstić information content (AvgIpc) is 4.11. The predicted octanol–water partition coefficient (Wildman–Crippen LogP) is 23.6. The van der Waals surface area contributed by atoms with Gasteiger partial charge in [0.25, 0.3) is 0 Å². The zero-order chi connectivity index (χ0) is 57.3. The van der Waals surface area contributed by atoms with E-state index in [2.05, 4.69) is 9.80 Å². The zero-order valence-corrected chi connectivity index (χ0v) is 56.7. The minimum atomic E-state index is 0. The van der Waals surface area contributed by atoms with Gasteiger partial charge in [-0.05, 0) is 224 Å². The molecule has 19 unspecified atom stereocenters. The summed E-state index contributed by atoms with van der Waals surface area (Å²) in [5.41, 5.74) is 0.354. The van der Waals surface area contributed by atoms with Crippen molar-refractivity contribution in [2.45, 2.75) is 358 Å². The average molecular weight is 1070 g/mol. The summed E-state index contributed by atoms with van der Waals surface area (Å²) < 4.78 is 7.09. The summed E-state index contributed by atoms with van der Waals surface area (Å²) in [7, 11) is 0. The summed E-state index contributed by atoms with van der Waals surface area (Å²) in [4.78, 5) is 5.89. The highest BCUT2D eigenvalue weighted by Crippen LogP contribution is 2.69. The van der Waals surface area contributed by atoms with E-state index in [-0.39, 0.29) is 7.43 Å². The minimum absolute atomic E-state index is 0. The van der Waals surface area contributed by atoms with Gasteiger partial charge in [-0.2, -0.15) is 0 Å². The van der Waals surface area contributed by atoms with Crippen LogP contribution in [0.15, 0.2) is 0 Å². The molecule has 3 heteroatoms. The van der Waals surface area contributed by atoms with E-state index < -0.39 is 0 Å². The smallest absolute Gasteiger partial charge is 0.0751 e. The first kappa shape index (κ1) is 77.9. The van der Waals surface area contributed by atoms with E-state index in [1.807, 2.05) is 166 Å². The van der Waals surface area contributed by atoms with Crippen molar-refractivity contribution >= 4 is 0 Å². The molecule has 460 valence electrons. The van der Waals surface area contributed by atoms with E-state index in [1.165, 1.54) is 103 Å². The Bertz CT molecular complexity index is 1290. The van der Waals surface area contributed by atoms with Gasteiger partial charge in [0.15, 0.2) is 0 Å². The summed E-state index contributed by atoms with van der Waals surface area (Å²) in [6.07, 6.45) is 39.1. The van der Waals surface area contributed by atoms with Gasteiger partial charge in [-0.1, -0.05) is 212 Å². The standard InChI is InChI=1S/C24H37NO.C24H39N.12C2H6.CH4/c1-2-11-25-14-20-15(12-16(25)4-1)7-8-17-19(20)13-24-21-5-3-6-23(26-24)18(21)9-10-22(17)24;1-2-7-19-16(5-1)8-10-20-21-11-9-17-13-18-6-3-4-12-25(18)15-24(17)23(21)14-22(19)20;12*1-2;/h15-23H,1-14H2;16-24H,1-15H2;12*1-2H3;1H4. The first-order valence-electron chi connectivity index (χ1n) is 36.4. The maximum absolute atomic E-state index is 7.09. The van der Waals surface area contributed by atoms with E-state index >= 15 is 0 Å². The molecule has 0 aromatic heterocycles. The van der Waals surface area contributed by atoms with E-state index in [9.17, 15) is 0 Å². The first-order valence-corrected chi connectivity index (χ1v) is 36.4. The van der Waals surface area contributed by atoms with Crippen molar-refractivity contribution in [3.8, 4) is 0 Å². The molecule has 5 heterocycles. The molecule has 4 bridgehead atoms. The van der Waals surface area contributed by atoms with Crippen molar-refractivity contribution < 1.29 is 4.74 Å². The van der Waals surface area contributed by atoms with Gasteiger partial charge < -0.3 is 14.5 Å². The Morgan fingerprint density at radius 2 is 0.697 bits per heavy atom. The van der Waals surface area contributed by atoms with E-state index in [4.69, 9.17) is 4.74 Å². The summed E-state index contributed by atoms with van der Waals surface area (Å²) >= 11 is 0. The van der Waals surface area contributed by atoms with Crippen molar-refractivity contribution in [3.63, 3.8) is 0 Å². The van der Waals surface area contributed by atoms with Crippen LogP contribution in [0.25, 0.3) is 0 Å². The van der Waals surface area contributed by atoms with E-state index in [0.29, 0.717) is 11.7 Å². The molecule has 19 atom stereocenters.